The van der Waals surface area contributed by atoms with Crippen molar-refractivity contribution in [1.29, 1.82) is 0 Å². The summed E-state index contributed by atoms with van der Waals surface area (Å²) >= 11 is 0. The van der Waals surface area contributed by atoms with Gasteiger partial charge in [-0.3, -0.25) is 0 Å². The lowest BCUT2D eigenvalue weighted by Gasteiger charge is -2.33. The molecule has 112 valence electrons. The summed E-state index contributed by atoms with van der Waals surface area (Å²) in [4.78, 5) is 0. The van der Waals surface area contributed by atoms with E-state index in [9.17, 15) is 8.42 Å². The SMILES string of the molecule is CC1CCOC1C(N)CC1CCCN(S(C)(=O)=O)C1. The summed E-state index contributed by atoms with van der Waals surface area (Å²) in [5, 5.41) is 0. The molecule has 6 heteroatoms. The van der Waals surface area contributed by atoms with Crippen molar-refractivity contribution in [2.45, 2.75) is 44.8 Å². The zero-order chi connectivity index (χ0) is 14.0. The van der Waals surface area contributed by atoms with Crippen molar-refractivity contribution in [3.63, 3.8) is 0 Å². The Hall–Kier alpha value is -0.170. The minimum absolute atomic E-state index is 0.0296. The summed E-state index contributed by atoms with van der Waals surface area (Å²) < 4.78 is 30.5. The van der Waals surface area contributed by atoms with E-state index in [2.05, 4.69) is 6.92 Å². The molecule has 0 bridgehead atoms. The molecule has 0 aromatic heterocycles. The average molecular weight is 290 g/mol. The van der Waals surface area contributed by atoms with E-state index in [1.54, 1.807) is 4.31 Å². The summed E-state index contributed by atoms with van der Waals surface area (Å²) in [6.45, 7) is 4.26. The van der Waals surface area contributed by atoms with Crippen molar-refractivity contribution in [2.75, 3.05) is 26.0 Å². The fourth-order valence-electron chi connectivity index (χ4n) is 3.30. The number of hydrogen-bond acceptors (Lipinski definition) is 4. The van der Waals surface area contributed by atoms with Crippen LogP contribution in [0.3, 0.4) is 0 Å². The number of hydrogen-bond donors (Lipinski definition) is 1. The van der Waals surface area contributed by atoms with Crippen LogP contribution >= 0.6 is 0 Å². The maximum atomic E-state index is 11.6. The molecule has 5 nitrogen and oxygen atoms in total. The first-order chi connectivity index (χ1) is 8.88. The summed E-state index contributed by atoms with van der Waals surface area (Å²) in [7, 11) is -3.06. The molecule has 2 aliphatic rings. The molecule has 0 aromatic carbocycles. The third kappa shape index (κ3) is 3.90. The van der Waals surface area contributed by atoms with Crippen LogP contribution in [-0.4, -0.2) is 50.8 Å². The van der Waals surface area contributed by atoms with Crippen LogP contribution in [0.15, 0.2) is 0 Å². The van der Waals surface area contributed by atoms with E-state index in [0.29, 0.717) is 24.9 Å². The Balaban J connectivity index is 1.88. The Bertz CT molecular complexity index is 399. The molecule has 0 amide bonds. The van der Waals surface area contributed by atoms with E-state index in [-0.39, 0.29) is 12.1 Å². The van der Waals surface area contributed by atoms with Crippen molar-refractivity contribution < 1.29 is 13.2 Å². The lowest BCUT2D eigenvalue weighted by molar-refractivity contribution is 0.0617. The van der Waals surface area contributed by atoms with Gasteiger partial charge in [-0.15, -0.1) is 0 Å². The van der Waals surface area contributed by atoms with Crippen molar-refractivity contribution in [3.05, 3.63) is 0 Å². The van der Waals surface area contributed by atoms with Crippen LogP contribution in [0.25, 0.3) is 0 Å². The van der Waals surface area contributed by atoms with Gasteiger partial charge in [-0.05, 0) is 37.5 Å². The van der Waals surface area contributed by atoms with E-state index < -0.39 is 10.0 Å². The summed E-state index contributed by atoms with van der Waals surface area (Å²) in [5.74, 6) is 0.888. The fraction of sp³-hybridized carbons (Fsp3) is 1.00. The number of ether oxygens (including phenoxy) is 1. The smallest absolute Gasteiger partial charge is 0.211 e. The van der Waals surface area contributed by atoms with Gasteiger partial charge in [-0.25, -0.2) is 12.7 Å². The summed E-state index contributed by atoms with van der Waals surface area (Å²) in [5.41, 5.74) is 6.26. The molecule has 2 N–H and O–H groups in total. The highest BCUT2D eigenvalue weighted by atomic mass is 32.2. The molecular weight excluding hydrogens is 264 g/mol. The highest BCUT2D eigenvalue weighted by Crippen LogP contribution is 2.28. The molecule has 0 spiro atoms. The molecule has 0 saturated carbocycles. The van der Waals surface area contributed by atoms with Gasteiger partial charge in [0.1, 0.15) is 0 Å². The maximum Gasteiger partial charge on any atom is 0.211 e. The zero-order valence-electron chi connectivity index (χ0n) is 11.9. The van der Waals surface area contributed by atoms with Crippen LogP contribution in [0, 0.1) is 11.8 Å². The third-order valence-corrected chi connectivity index (χ3v) is 5.69. The number of sulfonamides is 1. The van der Waals surface area contributed by atoms with Gasteiger partial charge >= 0.3 is 0 Å². The van der Waals surface area contributed by atoms with Crippen LogP contribution in [0.2, 0.25) is 0 Å². The Morgan fingerprint density at radius 2 is 2.16 bits per heavy atom. The predicted octanol–water partition coefficient (Wildman–Crippen LogP) is 0.800. The molecule has 2 saturated heterocycles. The molecule has 0 aliphatic carbocycles. The normalized spacial score (nSPS) is 35.4. The van der Waals surface area contributed by atoms with E-state index in [1.165, 1.54) is 6.26 Å². The largest absolute Gasteiger partial charge is 0.376 e. The van der Waals surface area contributed by atoms with Gasteiger partial charge in [0.2, 0.25) is 10.0 Å². The van der Waals surface area contributed by atoms with Crippen LogP contribution in [0.4, 0.5) is 0 Å². The van der Waals surface area contributed by atoms with E-state index in [4.69, 9.17) is 10.5 Å². The first kappa shape index (κ1) is 15.2. The number of rotatable bonds is 4. The second-order valence-corrected chi connectivity index (χ2v) is 8.11. The number of piperidine rings is 1. The van der Waals surface area contributed by atoms with Crippen LogP contribution < -0.4 is 5.73 Å². The Morgan fingerprint density at radius 3 is 2.74 bits per heavy atom. The fourth-order valence-corrected chi connectivity index (χ4v) is 4.25. The van der Waals surface area contributed by atoms with Crippen LogP contribution in [0.1, 0.15) is 32.6 Å². The Labute approximate surface area is 116 Å². The molecule has 2 heterocycles. The summed E-state index contributed by atoms with van der Waals surface area (Å²) in [6, 6.07) is 0.0296. The molecule has 4 atom stereocenters. The maximum absolute atomic E-state index is 11.6. The zero-order valence-corrected chi connectivity index (χ0v) is 12.7. The molecule has 2 aliphatic heterocycles. The monoisotopic (exact) mass is 290 g/mol. The van der Waals surface area contributed by atoms with Crippen molar-refractivity contribution in [3.8, 4) is 0 Å². The van der Waals surface area contributed by atoms with Crippen molar-refractivity contribution in [2.24, 2.45) is 17.6 Å². The molecular formula is C13H26N2O3S. The van der Waals surface area contributed by atoms with Gasteiger partial charge in [-0.1, -0.05) is 6.92 Å². The van der Waals surface area contributed by atoms with Gasteiger partial charge in [0.25, 0.3) is 0 Å². The van der Waals surface area contributed by atoms with Crippen molar-refractivity contribution >= 4 is 10.0 Å². The van der Waals surface area contributed by atoms with Gasteiger partial charge in [0.15, 0.2) is 0 Å². The molecule has 4 unspecified atom stereocenters. The number of nitrogens with zero attached hydrogens (tertiary/aromatic N) is 1. The van der Waals surface area contributed by atoms with E-state index >= 15 is 0 Å². The Kier molecular flexibility index (Phi) is 4.87. The molecule has 2 rings (SSSR count). The second kappa shape index (κ2) is 6.08. The van der Waals surface area contributed by atoms with Crippen LogP contribution in [-0.2, 0) is 14.8 Å². The highest BCUT2D eigenvalue weighted by molar-refractivity contribution is 7.88. The lowest BCUT2D eigenvalue weighted by atomic mass is 9.87. The predicted molar refractivity (Wildman–Crippen MR) is 75.3 cm³/mol. The summed E-state index contributed by atoms with van der Waals surface area (Å²) in [6.07, 6.45) is 5.39. The minimum atomic E-state index is -3.06. The quantitative estimate of drug-likeness (QED) is 0.831. The van der Waals surface area contributed by atoms with E-state index in [1.807, 2.05) is 0 Å². The standard InChI is InChI=1S/C13H26N2O3S/c1-10-5-7-18-13(10)12(14)8-11-4-3-6-15(9-11)19(2,16)17/h10-13H,3-9,14H2,1-2H3. The van der Waals surface area contributed by atoms with Gasteiger partial charge < -0.3 is 10.5 Å². The topological polar surface area (TPSA) is 72.6 Å². The minimum Gasteiger partial charge on any atom is -0.376 e. The molecule has 0 aromatic rings. The van der Waals surface area contributed by atoms with Gasteiger partial charge in [0, 0.05) is 25.7 Å². The molecule has 2 fully saturated rings. The molecule has 0 radical (unpaired) electrons. The van der Waals surface area contributed by atoms with E-state index in [0.717, 1.165) is 32.3 Å². The van der Waals surface area contributed by atoms with Crippen LogP contribution in [0.5, 0.6) is 0 Å². The van der Waals surface area contributed by atoms with Gasteiger partial charge in [-0.2, -0.15) is 0 Å². The first-order valence-electron chi connectivity index (χ1n) is 7.20. The molecule has 19 heavy (non-hydrogen) atoms. The number of nitrogens with two attached hydrogens (primary N) is 1. The first-order valence-corrected chi connectivity index (χ1v) is 9.05. The van der Waals surface area contributed by atoms with Crippen molar-refractivity contribution in [1.82, 2.24) is 4.31 Å². The highest BCUT2D eigenvalue weighted by Gasteiger charge is 2.33. The lowest BCUT2D eigenvalue weighted by Crippen LogP contribution is -2.44. The Morgan fingerprint density at radius 1 is 1.42 bits per heavy atom. The second-order valence-electron chi connectivity index (χ2n) is 6.13. The van der Waals surface area contributed by atoms with Gasteiger partial charge in [0.05, 0.1) is 12.4 Å². The average Bonchev–Trinajstić information content (AvgIpc) is 2.75. The third-order valence-electron chi connectivity index (χ3n) is 4.42.